The quantitative estimate of drug-likeness (QED) is 0.860. The van der Waals surface area contributed by atoms with Crippen molar-refractivity contribution in [2.75, 3.05) is 26.2 Å². The Bertz CT molecular complexity index is 355. The SMILES string of the molecule is CCc1nn(C)c(CN2CCNCC2)c1Cl. The van der Waals surface area contributed by atoms with Gasteiger partial charge in [0.15, 0.2) is 0 Å². The first-order chi connectivity index (χ1) is 7.72. The van der Waals surface area contributed by atoms with Crippen molar-refractivity contribution in [3.05, 3.63) is 16.4 Å². The molecule has 0 amide bonds. The minimum absolute atomic E-state index is 0.850. The summed E-state index contributed by atoms with van der Waals surface area (Å²) in [6.45, 7) is 7.30. The lowest BCUT2D eigenvalue weighted by atomic mass is 10.2. The van der Waals surface area contributed by atoms with Crippen LogP contribution in [0.2, 0.25) is 5.02 Å². The van der Waals surface area contributed by atoms with E-state index in [1.165, 1.54) is 0 Å². The second kappa shape index (κ2) is 5.17. The van der Waals surface area contributed by atoms with Crippen LogP contribution < -0.4 is 5.32 Å². The molecule has 0 aromatic carbocycles. The molecule has 90 valence electrons. The molecule has 1 saturated heterocycles. The van der Waals surface area contributed by atoms with Crippen LogP contribution in [0.1, 0.15) is 18.3 Å². The standard InChI is InChI=1S/C11H19ClN4/c1-3-9-11(12)10(15(2)14-9)8-16-6-4-13-5-7-16/h13H,3-8H2,1-2H3. The van der Waals surface area contributed by atoms with Gasteiger partial charge < -0.3 is 5.32 Å². The minimum Gasteiger partial charge on any atom is -0.314 e. The van der Waals surface area contributed by atoms with E-state index in [0.29, 0.717) is 0 Å². The summed E-state index contributed by atoms with van der Waals surface area (Å²) in [5, 5.41) is 8.64. The number of halogens is 1. The van der Waals surface area contributed by atoms with Gasteiger partial charge in [0.25, 0.3) is 0 Å². The van der Waals surface area contributed by atoms with Crippen LogP contribution in [0, 0.1) is 0 Å². The summed E-state index contributed by atoms with van der Waals surface area (Å²) in [4.78, 5) is 2.42. The number of piperazine rings is 1. The largest absolute Gasteiger partial charge is 0.314 e. The van der Waals surface area contributed by atoms with Crippen molar-refractivity contribution in [2.24, 2.45) is 7.05 Å². The third kappa shape index (κ3) is 2.39. The molecule has 1 N–H and O–H groups in total. The molecule has 0 unspecified atom stereocenters. The average Bonchev–Trinajstić information content (AvgIpc) is 2.58. The topological polar surface area (TPSA) is 33.1 Å². The highest BCUT2D eigenvalue weighted by atomic mass is 35.5. The highest BCUT2D eigenvalue weighted by Gasteiger charge is 2.17. The highest BCUT2D eigenvalue weighted by Crippen LogP contribution is 2.22. The predicted molar refractivity (Wildman–Crippen MR) is 65.7 cm³/mol. The zero-order chi connectivity index (χ0) is 11.5. The molecule has 4 nitrogen and oxygen atoms in total. The van der Waals surface area contributed by atoms with Gasteiger partial charge in [-0.15, -0.1) is 0 Å². The normalized spacial score (nSPS) is 17.9. The predicted octanol–water partition coefficient (Wildman–Crippen LogP) is 1.04. The monoisotopic (exact) mass is 242 g/mol. The molecular formula is C11H19ClN4. The maximum absolute atomic E-state index is 6.32. The summed E-state index contributed by atoms with van der Waals surface area (Å²) in [6, 6.07) is 0. The van der Waals surface area contributed by atoms with E-state index in [9.17, 15) is 0 Å². The van der Waals surface area contributed by atoms with Crippen LogP contribution in [0.25, 0.3) is 0 Å². The number of nitrogens with zero attached hydrogens (tertiary/aromatic N) is 3. The second-order valence-corrected chi connectivity index (χ2v) is 4.59. The molecule has 2 heterocycles. The molecule has 0 radical (unpaired) electrons. The maximum atomic E-state index is 6.32. The fourth-order valence-electron chi connectivity index (χ4n) is 2.07. The Balaban J connectivity index is 2.10. The van der Waals surface area contributed by atoms with Crippen LogP contribution in [0.4, 0.5) is 0 Å². The molecule has 1 fully saturated rings. The molecule has 0 aliphatic carbocycles. The third-order valence-corrected chi connectivity index (χ3v) is 3.52. The molecule has 0 atom stereocenters. The molecule has 0 saturated carbocycles. The summed E-state index contributed by atoms with van der Waals surface area (Å²) in [7, 11) is 1.97. The van der Waals surface area contributed by atoms with Gasteiger partial charge in [-0.3, -0.25) is 9.58 Å². The zero-order valence-corrected chi connectivity index (χ0v) is 10.7. The first kappa shape index (κ1) is 11.9. The Morgan fingerprint density at radius 1 is 1.38 bits per heavy atom. The number of hydrogen-bond donors (Lipinski definition) is 1. The van der Waals surface area contributed by atoms with E-state index in [0.717, 1.165) is 55.6 Å². The summed E-state index contributed by atoms with van der Waals surface area (Å²) < 4.78 is 1.92. The molecule has 1 aliphatic rings. The lowest BCUT2D eigenvalue weighted by molar-refractivity contribution is 0.228. The zero-order valence-electron chi connectivity index (χ0n) is 9.96. The lowest BCUT2D eigenvalue weighted by Crippen LogP contribution is -2.43. The van der Waals surface area contributed by atoms with Gasteiger partial charge in [-0.05, 0) is 6.42 Å². The van der Waals surface area contributed by atoms with Crippen LogP contribution in [-0.2, 0) is 20.0 Å². The van der Waals surface area contributed by atoms with Crippen LogP contribution in [0.5, 0.6) is 0 Å². The van der Waals surface area contributed by atoms with Gasteiger partial charge in [-0.25, -0.2) is 0 Å². The first-order valence-electron chi connectivity index (χ1n) is 5.85. The average molecular weight is 243 g/mol. The number of aromatic nitrogens is 2. The molecule has 0 spiro atoms. The fourth-order valence-corrected chi connectivity index (χ4v) is 2.43. The second-order valence-electron chi connectivity index (χ2n) is 4.21. The number of hydrogen-bond acceptors (Lipinski definition) is 3. The summed E-state index contributed by atoms with van der Waals surface area (Å²) in [5.74, 6) is 0. The van der Waals surface area contributed by atoms with E-state index in [4.69, 9.17) is 11.6 Å². The van der Waals surface area contributed by atoms with Crippen molar-refractivity contribution in [3.63, 3.8) is 0 Å². The van der Waals surface area contributed by atoms with Crippen LogP contribution in [0.15, 0.2) is 0 Å². The number of rotatable bonds is 3. The van der Waals surface area contributed by atoms with Crippen molar-refractivity contribution in [1.82, 2.24) is 20.0 Å². The summed E-state index contributed by atoms with van der Waals surface area (Å²) >= 11 is 6.32. The van der Waals surface area contributed by atoms with Crippen molar-refractivity contribution in [1.29, 1.82) is 0 Å². The first-order valence-corrected chi connectivity index (χ1v) is 6.23. The molecule has 2 rings (SSSR count). The van der Waals surface area contributed by atoms with E-state index < -0.39 is 0 Å². The van der Waals surface area contributed by atoms with Crippen molar-refractivity contribution in [2.45, 2.75) is 19.9 Å². The minimum atomic E-state index is 0.850. The van der Waals surface area contributed by atoms with Gasteiger partial charge in [0.1, 0.15) is 0 Å². The van der Waals surface area contributed by atoms with Gasteiger partial charge in [-0.1, -0.05) is 18.5 Å². The Morgan fingerprint density at radius 3 is 2.62 bits per heavy atom. The highest BCUT2D eigenvalue weighted by molar-refractivity contribution is 6.31. The third-order valence-electron chi connectivity index (χ3n) is 3.09. The van der Waals surface area contributed by atoms with Crippen LogP contribution in [-0.4, -0.2) is 40.9 Å². The van der Waals surface area contributed by atoms with E-state index in [-0.39, 0.29) is 0 Å². The molecule has 0 bridgehead atoms. The van der Waals surface area contributed by atoms with Gasteiger partial charge in [0.2, 0.25) is 0 Å². The van der Waals surface area contributed by atoms with Crippen molar-refractivity contribution >= 4 is 11.6 Å². The van der Waals surface area contributed by atoms with Gasteiger partial charge >= 0.3 is 0 Å². The Morgan fingerprint density at radius 2 is 2.06 bits per heavy atom. The molecule has 5 heteroatoms. The molecule has 1 aliphatic heterocycles. The van der Waals surface area contributed by atoms with Crippen molar-refractivity contribution in [3.8, 4) is 0 Å². The molecular weight excluding hydrogens is 224 g/mol. The molecule has 1 aromatic heterocycles. The smallest absolute Gasteiger partial charge is 0.0863 e. The van der Waals surface area contributed by atoms with E-state index in [1.807, 2.05) is 11.7 Å². The van der Waals surface area contributed by atoms with Crippen LogP contribution >= 0.6 is 11.6 Å². The maximum Gasteiger partial charge on any atom is 0.0863 e. The number of aryl methyl sites for hydroxylation is 2. The van der Waals surface area contributed by atoms with Crippen molar-refractivity contribution < 1.29 is 0 Å². The number of nitrogens with one attached hydrogen (secondary N) is 1. The van der Waals surface area contributed by atoms with E-state index in [2.05, 4.69) is 22.2 Å². The fraction of sp³-hybridized carbons (Fsp3) is 0.727. The Hall–Kier alpha value is -0.580. The summed E-state index contributed by atoms with van der Waals surface area (Å²) in [5.41, 5.74) is 2.15. The van der Waals surface area contributed by atoms with E-state index in [1.54, 1.807) is 0 Å². The summed E-state index contributed by atoms with van der Waals surface area (Å²) in [6.07, 6.45) is 0.897. The van der Waals surface area contributed by atoms with Gasteiger partial charge in [0, 0.05) is 39.8 Å². The lowest BCUT2D eigenvalue weighted by Gasteiger charge is -2.27. The van der Waals surface area contributed by atoms with Gasteiger partial charge in [0.05, 0.1) is 16.4 Å². The van der Waals surface area contributed by atoms with Gasteiger partial charge in [-0.2, -0.15) is 5.10 Å². The Kier molecular flexibility index (Phi) is 3.84. The Labute approximate surface area is 102 Å². The van der Waals surface area contributed by atoms with Crippen LogP contribution in [0.3, 0.4) is 0 Å². The molecule has 1 aromatic rings. The van der Waals surface area contributed by atoms with E-state index >= 15 is 0 Å². The molecule has 16 heavy (non-hydrogen) atoms.